The lowest BCUT2D eigenvalue weighted by atomic mass is 10.1. The van der Waals surface area contributed by atoms with E-state index in [4.69, 9.17) is 10.5 Å². The number of amides is 1. The molecule has 4 N–H and O–H groups in total. The number of fused-ring (bicyclic) bond motifs is 1. The second-order valence-electron chi connectivity index (χ2n) is 5.60. The van der Waals surface area contributed by atoms with Crippen molar-refractivity contribution in [2.75, 3.05) is 11.1 Å². The van der Waals surface area contributed by atoms with E-state index in [-0.39, 0.29) is 17.5 Å². The molecule has 25 heavy (non-hydrogen) atoms. The van der Waals surface area contributed by atoms with E-state index in [2.05, 4.69) is 20.5 Å². The zero-order valence-electron chi connectivity index (χ0n) is 13.4. The third-order valence-corrected chi connectivity index (χ3v) is 3.33. The van der Waals surface area contributed by atoms with Crippen molar-refractivity contribution in [2.24, 2.45) is 0 Å². The van der Waals surface area contributed by atoms with Crippen molar-refractivity contribution in [3.05, 3.63) is 41.6 Å². The summed E-state index contributed by atoms with van der Waals surface area (Å²) in [5, 5.41) is 9.61. The first kappa shape index (κ1) is 16.6. The van der Waals surface area contributed by atoms with Crippen LogP contribution in [0.15, 0.2) is 24.4 Å². The zero-order valence-corrected chi connectivity index (χ0v) is 13.4. The van der Waals surface area contributed by atoms with Crippen LogP contribution in [0.4, 0.5) is 20.2 Å². The molecule has 0 unspecified atom stereocenters. The van der Waals surface area contributed by atoms with Gasteiger partial charge in [-0.3, -0.25) is 9.89 Å². The second kappa shape index (κ2) is 6.34. The van der Waals surface area contributed by atoms with Gasteiger partial charge >= 0.3 is 0 Å². The maximum atomic E-state index is 14.0. The van der Waals surface area contributed by atoms with Gasteiger partial charge in [0.25, 0.3) is 5.91 Å². The molecule has 0 fully saturated rings. The van der Waals surface area contributed by atoms with E-state index in [0.29, 0.717) is 16.9 Å². The van der Waals surface area contributed by atoms with Gasteiger partial charge in [-0.05, 0) is 32.0 Å². The van der Waals surface area contributed by atoms with E-state index < -0.39 is 23.1 Å². The SMILES string of the molecule is CC(C)Oc1n[nH]c2ncc(NC(=O)c3c(F)ccc(N)c3F)cc12. The standard InChI is InChI=1S/C16H15F2N5O2/c1-7(2)25-16-9-5-8(6-20-14(9)22-23-16)21-15(24)12-10(17)3-4-11(19)13(12)18/h3-7H,19H2,1-2H3,(H,21,24)(H,20,22,23). The molecular formula is C16H15F2N5O2. The minimum atomic E-state index is -1.11. The molecule has 0 bridgehead atoms. The van der Waals surface area contributed by atoms with Gasteiger partial charge in [0.05, 0.1) is 29.1 Å². The second-order valence-corrected chi connectivity index (χ2v) is 5.60. The van der Waals surface area contributed by atoms with Crippen LogP contribution in [-0.4, -0.2) is 27.2 Å². The lowest BCUT2D eigenvalue weighted by molar-refractivity contribution is 0.101. The van der Waals surface area contributed by atoms with Crippen molar-refractivity contribution in [2.45, 2.75) is 20.0 Å². The Labute approximate surface area is 141 Å². The fourth-order valence-electron chi connectivity index (χ4n) is 2.23. The van der Waals surface area contributed by atoms with Gasteiger partial charge in [-0.15, -0.1) is 5.10 Å². The molecule has 0 aliphatic heterocycles. The number of hydrogen-bond donors (Lipinski definition) is 3. The van der Waals surface area contributed by atoms with E-state index in [1.165, 1.54) is 6.20 Å². The predicted molar refractivity (Wildman–Crippen MR) is 88.4 cm³/mol. The van der Waals surface area contributed by atoms with Crippen LogP contribution in [0.1, 0.15) is 24.2 Å². The quantitative estimate of drug-likeness (QED) is 0.629. The number of nitrogen functional groups attached to an aromatic ring is 1. The number of nitrogens with one attached hydrogen (secondary N) is 2. The number of ether oxygens (including phenoxy) is 1. The van der Waals surface area contributed by atoms with Gasteiger partial charge < -0.3 is 15.8 Å². The molecule has 0 saturated heterocycles. The summed E-state index contributed by atoms with van der Waals surface area (Å²) in [4.78, 5) is 16.3. The number of aromatic amines is 1. The lowest BCUT2D eigenvalue weighted by Crippen LogP contribution is -2.17. The molecule has 2 aromatic heterocycles. The van der Waals surface area contributed by atoms with Gasteiger partial charge in [-0.2, -0.15) is 0 Å². The number of carbonyl (C=O) groups excluding carboxylic acids is 1. The monoisotopic (exact) mass is 347 g/mol. The molecular weight excluding hydrogens is 332 g/mol. The van der Waals surface area contributed by atoms with Crippen LogP contribution in [0.25, 0.3) is 11.0 Å². The summed E-state index contributed by atoms with van der Waals surface area (Å²) in [6.07, 6.45) is 1.22. The summed E-state index contributed by atoms with van der Waals surface area (Å²) in [6.45, 7) is 3.68. The van der Waals surface area contributed by atoms with Crippen LogP contribution in [0.5, 0.6) is 5.88 Å². The van der Waals surface area contributed by atoms with Gasteiger partial charge in [0, 0.05) is 0 Å². The van der Waals surface area contributed by atoms with Crippen LogP contribution in [0.3, 0.4) is 0 Å². The number of nitrogens with zero attached hydrogens (tertiary/aromatic N) is 2. The van der Waals surface area contributed by atoms with Crippen LogP contribution < -0.4 is 15.8 Å². The highest BCUT2D eigenvalue weighted by Gasteiger charge is 2.20. The van der Waals surface area contributed by atoms with Crippen molar-refractivity contribution in [3.63, 3.8) is 0 Å². The highest BCUT2D eigenvalue weighted by atomic mass is 19.1. The van der Waals surface area contributed by atoms with Gasteiger partial charge in [0.2, 0.25) is 5.88 Å². The topological polar surface area (TPSA) is 106 Å². The van der Waals surface area contributed by atoms with Crippen LogP contribution in [-0.2, 0) is 0 Å². The van der Waals surface area contributed by atoms with Gasteiger partial charge in [0.15, 0.2) is 11.5 Å². The summed E-state index contributed by atoms with van der Waals surface area (Å²) in [6, 6.07) is 3.53. The Kier molecular flexibility index (Phi) is 4.22. The minimum absolute atomic E-state index is 0.111. The van der Waals surface area contributed by atoms with E-state index >= 15 is 0 Å². The smallest absolute Gasteiger partial charge is 0.261 e. The Bertz CT molecular complexity index is 955. The number of aromatic nitrogens is 3. The summed E-state index contributed by atoms with van der Waals surface area (Å²) < 4.78 is 33.3. The molecule has 0 aliphatic rings. The average Bonchev–Trinajstić information content (AvgIpc) is 2.93. The van der Waals surface area contributed by atoms with E-state index in [1.807, 2.05) is 13.8 Å². The van der Waals surface area contributed by atoms with Gasteiger partial charge in [-0.1, -0.05) is 0 Å². The van der Waals surface area contributed by atoms with Crippen LogP contribution in [0, 0.1) is 11.6 Å². The van der Waals surface area contributed by atoms with Crippen molar-refractivity contribution in [3.8, 4) is 5.88 Å². The number of halogens is 2. The molecule has 0 radical (unpaired) electrons. The largest absolute Gasteiger partial charge is 0.473 e. The first-order valence-electron chi connectivity index (χ1n) is 7.42. The fraction of sp³-hybridized carbons (Fsp3) is 0.188. The molecule has 0 aliphatic carbocycles. The number of rotatable bonds is 4. The fourth-order valence-corrected chi connectivity index (χ4v) is 2.23. The van der Waals surface area contributed by atoms with E-state index in [0.717, 1.165) is 12.1 Å². The Balaban J connectivity index is 1.93. The molecule has 0 spiro atoms. The molecule has 0 atom stereocenters. The Morgan fingerprint density at radius 3 is 2.84 bits per heavy atom. The first-order valence-corrected chi connectivity index (χ1v) is 7.42. The lowest BCUT2D eigenvalue weighted by Gasteiger charge is -2.09. The van der Waals surface area contributed by atoms with Crippen molar-refractivity contribution < 1.29 is 18.3 Å². The van der Waals surface area contributed by atoms with E-state index in [9.17, 15) is 13.6 Å². The Morgan fingerprint density at radius 2 is 2.12 bits per heavy atom. The maximum absolute atomic E-state index is 14.0. The first-order chi connectivity index (χ1) is 11.9. The summed E-state index contributed by atoms with van der Waals surface area (Å²) in [7, 11) is 0. The number of hydrogen-bond acceptors (Lipinski definition) is 5. The summed E-state index contributed by atoms with van der Waals surface area (Å²) in [5.41, 5.74) is 4.99. The summed E-state index contributed by atoms with van der Waals surface area (Å²) in [5.74, 6) is -2.78. The number of H-pyrrole nitrogens is 1. The minimum Gasteiger partial charge on any atom is -0.473 e. The molecule has 1 amide bonds. The van der Waals surface area contributed by atoms with E-state index in [1.54, 1.807) is 6.07 Å². The molecule has 1 aromatic carbocycles. The molecule has 3 rings (SSSR count). The summed E-state index contributed by atoms with van der Waals surface area (Å²) >= 11 is 0. The highest BCUT2D eigenvalue weighted by Crippen LogP contribution is 2.26. The third-order valence-electron chi connectivity index (χ3n) is 3.33. The zero-order chi connectivity index (χ0) is 18.1. The molecule has 130 valence electrons. The molecule has 2 heterocycles. The van der Waals surface area contributed by atoms with Crippen molar-refractivity contribution >= 4 is 28.3 Å². The van der Waals surface area contributed by atoms with Gasteiger partial charge in [0.1, 0.15) is 11.4 Å². The number of anilines is 2. The molecule has 7 nitrogen and oxygen atoms in total. The Hall–Kier alpha value is -3.23. The molecule has 9 heteroatoms. The Morgan fingerprint density at radius 1 is 1.36 bits per heavy atom. The number of pyridine rings is 1. The predicted octanol–water partition coefficient (Wildman–Crippen LogP) is 2.86. The van der Waals surface area contributed by atoms with Crippen molar-refractivity contribution in [1.82, 2.24) is 15.2 Å². The molecule has 3 aromatic rings. The van der Waals surface area contributed by atoms with Crippen LogP contribution >= 0.6 is 0 Å². The number of carbonyl (C=O) groups is 1. The number of benzene rings is 1. The maximum Gasteiger partial charge on any atom is 0.261 e. The van der Waals surface area contributed by atoms with Crippen molar-refractivity contribution in [1.29, 1.82) is 0 Å². The normalized spacial score (nSPS) is 11.1. The third kappa shape index (κ3) is 3.21. The highest BCUT2D eigenvalue weighted by molar-refractivity contribution is 6.05. The van der Waals surface area contributed by atoms with Gasteiger partial charge in [-0.25, -0.2) is 13.8 Å². The molecule has 0 saturated carbocycles. The van der Waals surface area contributed by atoms with Crippen LogP contribution in [0.2, 0.25) is 0 Å². The average molecular weight is 347 g/mol. The number of nitrogens with two attached hydrogens (primary N) is 1.